The molecule has 0 saturated heterocycles. The number of hydrogen-bond donors (Lipinski definition) is 0. The van der Waals surface area contributed by atoms with Gasteiger partial charge in [-0.15, -0.1) is 0 Å². The Morgan fingerprint density at radius 1 is 1.11 bits per heavy atom. The molecular weight excluding hydrogens is 298 g/mol. The lowest BCUT2D eigenvalue weighted by Crippen LogP contribution is -2.16. The number of nitrogens with zero attached hydrogens (tertiary/aromatic N) is 2. The molecule has 0 aliphatic rings. The van der Waals surface area contributed by atoms with Crippen LogP contribution in [0.5, 0.6) is 0 Å². The largest absolute Gasteiger partial charge is 0.305 e. The van der Waals surface area contributed by atoms with Crippen LogP contribution in [-0.2, 0) is 16.6 Å². The first-order valence-electron chi connectivity index (χ1n) is 5.96. The summed E-state index contributed by atoms with van der Waals surface area (Å²) in [7, 11) is 1.13. The van der Waals surface area contributed by atoms with Gasteiger partial charge >= 0.3 is 0 Å². The van der Waals surface area contributed by atoms with E-state index in [0.29, 0.717) is 4.90 Å². The van der Waals surface area contributed by atoms with E-state index in [1.165, 1.54) is 0 Å². The van der Waals surface area contributed by atoms with Crippen molar-refractivity contribution in [3.8, 4) is 0 Å². The Morgan fingerprint density at radius 2 is 1.68 bits per heavy atom. The molecule has 0 aliphatic heterocycles. The van der Waals surface area contributed by atoms with Gasteiger partial charge in [0.15, 0.2) is 0 Å². The molecule has 0 fully saturated rings. The highest BCUT2D eigenvalue weighted by molar-refractivity contribution is 7.97. The van der Waals surface area contributed by atoms with E-state index in [1.807, 2.05) is 45.3 Å². The van der Waals surface area contributed by atoms with Crippen molar-refractivity contribution in [2.75, 3.05) is 27.4 Å². The molecule has 0 aromatic heterocycles. The number of aryl methyl sites for hydroxylation is 1. The first-order chi connectivity index (χ1) is 8.81. The van der Waals surface area contributed by atoms with E-state index in [-0.39, 0.29) is 17.5 Å². The van der Waals surface area contributed by atoms with Crippen LogP contribution in [-0.4, -0.2) is 44.6 Å². The Bertz CT molecular complexity index is 529. The van der Waals surface area contributed by atoms with Crippen LogP contribution in [0.3, 0.4) is 0 Å². The fraction of sp³-hybridized carbons (Fsp3) is 0.500. The maximum absolute atomic E-state index is 12.5. The SMILES string of the molecule is CPN(PC)S(=O)(=O)c1cc(C)cc(CN(C)C)c1. The molecule has 1 rings (SSSR count). The molecule has 0 radical (unpaired) electrons. The van der Waals surface area contributed by atoms with Gasteiger partial charge in [0.1, 0.15) is 0 Å². The maximum atomic E-state index is 12.5. The normalized spacial score (nSPS) is 13.6. The van der Waals surface area contributed by atoms with Gasteiger partial charge in [0, 0.05) is 6.54 Å². The van der Waals surface area contributed by atoms with Gasteiger partial charge in [0.05, 0.1) is 4.90 Å². The van der Waals surface area contributed by atoms with E-state index in [0.717, 1.165) is 17.7 Å². The lowest BCUT2D eigenvalue weighted by molar-refractivity contribution is 0.402. The van der Waals surface area contributed by atoms with Crippen molar-refractivity contribution < 1.29 is 8.42 Å². The second-order valence-corrected chi connectivity index (χ2v) is 9.28. The topological polar surface area (TPSA) is 40.6 Å². The molecule has 19 heavy (non-hydrogen) atoms. The van der Waals surface area contributed by atoms with Crippen LogP contribution in [0.4, 0.5) is 0 Å². The van der Waals surface area contributed by atoms with Crippen molar-refractivity contribution >= 4 is 27.5 Å². The molecule has 0 bridgehead atoms. The predicted octanol–water partition coefficient (Wildman–Crippen LogP) is 2.49. The van der Waals surface area contributed by atoms with Crippen molar-refractivity contribution in [2.24, 2.45) is 0 Å². The summed E-state index contributed by atoms with van der Waals surface area (Å²) in [4.78, 5) is 2.44. The lowest BCUT2D eigenvalue weighted by atomic mass is 10.1. The molecule has 0 saturated carbocycles. The van der Waals surface area contributed by atoms with E-state index in [9.17, 15) is 8.42 Å². The number of hydrogen-bond acceptors (Lipinski definition) is 3. The lowest BCUT2D eigenvalue weighted by Gasteiger charge is -2.19. The number of sulfonamides is 1. The molecule has 0 heterocycles. The minimum atomic E-state index is -3.34. The van der Waals surface area contributed by atoms with Crippen molar-refractivity contribution in [2.45, 2.75) is 18.4 Å². The molecular formula is C12H22N2O2P2S. The molecule has 4 nitrogen and oxygen atoms in total. The molecule has 0 spiro atoms. The van der Waals surface area contributed by atoms with Gasteiger partial charge in [-0.1, -0.05) is 6.07 Å². The third-order valence-electron chi connectivity index (χ3n) is 2.55. The van der Waals surface area contributed by atoms with Gasteiger partial charge in [-0.05, 0) is 75.1 Å². The molecule has 2 unspecified atom stereocenters. The van der Waals surface area contributed by atoms with Crippen molar-refractivity contribution in [1.82, 2.24) is 8.75 Å². The summed E-state index contributed by atoms with van der Waals surface area (Å²) >= 11 is 0. The van der Waals surface area contributed by atoms with Crippen molar-refractivity contribution in [3.63, 3.8) is 0 Å². The summed E-state index contributed by atoms with van der Waals surface area (Å²) in [6.45, 7) is 6.47. The third-order valence-corrected chi connectivity index (χ3v) is 8.56. The van der Waals surface area contributed by atoms with Crippen molar-refractivity contribution in [1.29, 1.82) is 0 Å². The van der Waals surface area contributed by atoms with Crippen LogP contribution >= 0.6 is 17.5 Å². The quantitative estimate of drug-likeness (QED) is 0.756. The second-order valence-electron chi connectivity index (χ2n) is 4.61. The molecule has 2 atom stereocenters. The minimum Gasteiger partial charge on any atom is -0.305 e. The van der Waals surface area contributed by atoms with Crippen LogP contribution in [0, 0.1) is 6.92 Å². The minimum absolute atomic E-state index is 0.263. The average Bonchev–Trinajstić information content (AvgIpc) is 2.28. The highest BCUT2D eigenvalue weighted by atomic mass is 32.2. The average molecular weight is 320 g/mol. The van der Waals surface area contributed by atoms with E-state index >= 15 is 0 Å². The molecule has 0 aliphatic carbocycles. The fourth-order valence-corrected chi connectivity index (χ4v) is 6.18. The van der Waals surface area contributed by atoms with Crippen LogP contribution in [0.2, 0.25) is 0 Å². The fourth-order valence-electron chi connectivity index (χ4n) is 1.89. The Hall–Kier alpha value is -0.0500. The summed E-state index contributed by atoms with van der Waals surface area (Å²) < 4.78 is 26.6. The molecule has 1 aromatic carbocycles. The van der Waals surface area contributed by atoms with Crippen LogP contribution in [0.15, 0.2) is 23.1 Å². The van der Waals surface area contributed by atoms with Crippen LogP contribution < -0.4 is 0 Å². The summed E-state index contributed by atoms with van der Waals surface area (Å²) in [5.74, 6) is 0. The summed E-state index contributed by atoms with van der Waals surface area (Å²) in [6, 6.07) is 5.57. The number of rotatable bonds is 6. The van der Waals surface area contributed by atoms with Crippen LogP contribution in [0.25, 0.3) is 0 Å². The highest BCUT2D eigenvalue weighted by Crippen LogP contribution is 2.35. The van der Waals surface area contributed by atoms with Gasteiger partial charge in [0.2, 0.25) is 10.0 Å². The molecule has 1 aromatic rings. The zero-order valence-electron chi connectivity index (χ0n) is 12.1. The van der Waals surface area contributed by atoms with E-state index < -0.39 is 10.0 Å². The van der Waals surface area contributed by atoms with Crippen LogP contribution in [0.1, 0.15) is 11.1 Å². The Labute approximate surface area is 120 Å². The highest BCUT2D eigenvalue weighted by Gasteiger charge is 2.22. The van der Waals surface area contributed by atoms with Gasteiger partial charge in [-0.2, -0.15) is 3.85 Å². The van der Waals surface area contributed by atoms with E-state index in [2.05, 4.69) is 0 Å². The van der Waals surface area contributed by atoms with E-state index in [1.54, 1.807) is 16.0 Å². The Morgan fingerprint density at radius 3 is 2.16 bits per heavy atom. The zero-order valence-corrected chi connectivity index (χ0v) is 14.9. The van der Waals surface area contributed by atoms with Gasteiger partial charge in [-0.3, -0.25) is 0 Å². The third kappa shape index (κ3) is 4.47. The Kier molecular flexibility index (Phi) is 6.35. The monoisotopic (exact) mass is 320 g/mol. The van der Waals surface area contributed by atoms with Gasteiger partial charge < -0.3 is 4.90 Å². The molecule has 108 valence electrons. The van der Waals surface area contributed by atoms with Gasteiger partial charge in [-0.25, -0.2) is 8.42 Å². The maximum Gasteiger partial charge on any atom is 0.249 e. The zero-order chi connectivity index (χ0) is 14.6. The summed E-state index contributed by atoms with van der Waals surface area (Å²) in [5, 5.41) is 0. The summed E-state index contributed by atoms with van der Waals surface area (Å²) in [5.41, 5.74) is 2.01. The molecule has 7 heteroatoms. The standard InChI is InChI=1S/C12H22N2O2P2S/c1-10-6-11(9-13(2)3)8-12(7-10)19(15,16)14(17-4)18-5/h6-8,17-18H,9H2,1-5H3. The first-order valence-corrected chi connectivity index (χ1v) is 10.3. The molecule has 0 N–H and O–H groups in total. The van der Waals surface area contributed by atoms with E-state index in [4.69, 9.17) is 0 Å². The number of benzene rings is 1. The first kappa shape index (κ1) is 17.0. The van der Waals surface area contributed by atoms with Crippen molar-refractivity contribution in [3.05, 3.63) is 29.3 Å². The van der Waals surface area contributed by atoms with Gasteiger partial charge in [0.25, 0.3) is 0 Å². The second kappa shape index (κ2) is 7.10. The predicted molar refractivity (Wildman–Crippen MR) is 86.1 cm³/mol. The smallest absolute Gasteiger partial charge is 0.249 e. The Balaban J connectivity index is 3.23. The molecule has 0 amide bonds. The summed E-state index contributed by atoms with van der Waals surface area (Å²) in [6.07, 6.45) is 0.